The first-order valence-electron chi connectivity index (χ1n) is 11.4. The van der Waals surface area contributed by atoms with E-state index in [2.05, 4.69) is 40.1 Å². The lowest BCUT2D eigenvalue weighted by atomic mass is 9.66. The molecular weight excluding hydrogens is 351 g/mol. The van der Waals surface area contributed by atoms with E-state index in [0.29, 0.717) is 23.8 Å². The second kappa shape index (κ2) is 9.23. The van der Waals surface area contributed by atoms with Crippen LogP contribution in [-0.4, -0.2) is 66.5 Å². The Balaban J connectivity index is 1.36. The van der Waals surface area contributed by atoms with Crippen molar-refractivity contribution >= 4 is 0 Å². The number of hydrogen-bond donors (Lipinski definition) is 1. The zero-order chi connectivity index (χ0) is 19.4. The molecule has 2 heterocycles. The van der Waals surface area contributed by atoms with E-state index in [1.165, 1.54) is 31.2 Å². The van der Waals surface area contributed by atoms with Gasteiger partial charge >= 0.3 is 0 Å². The topological polar surface area (TPSA) is 26.7 Å². The van der Waals surface area contributed by atoms with Crippen molar-refractivity contribution in [2.24, 2.45) is 5.41 Å². The van der Waals surface area contributed by atoms with Gasteiger partial charge in [0.15, 0.2) is 0 Å². The van der Waals surface area contributed by atoms with Crippen LogP contribution in [0.1, 0.15) is 62.8 Å². The number of nitrogens with zero attached hydrogens (tertiary/aromatic N) is 2. The molecule has 0 bridgehead atoms. The molecule has 28 heavy (non-hydrogen) atoms. The van der Waals surface area contributed by atoms with Gasteiger partial charge in [0.2, 0.25) is 0 Å². The molecule has 3 aliphatic rings. The van der Waals surface area contributed by atoms with Crippen molar-refractivity contribution in [2.45, 2.75) is 69.4 Å². The van der Waals surface area contributed by atoms with Crippen LogP contribution in [0.2, 0.25) is 0 Å². The highest BCUT2D eigenvalue weighted by Crippen LogP contribution is 2.45. The van der Waals surface area contributed by atoms with E-state index in [-0.39, 0.29) is 12.8 Å². The van der Waals surface area contributed by atoms with Crippen molar-refractivity contribution < 1.29 is 9.50 Å². The molecule has 0 unspecified atom stereocenters. The number of rotatable bonds is 5. The number of hydrogen-bond acceptors (Lipinski definition) is 3. The van der Waals surface area contributed by atoms with Crippen LogP contribution in [0.4, 0.5) is 4.39 Å². The molecule has 0 radical (unpaired) electrons. The zero-order valence-electron chi connectivity index (χ0n) is 17.2. The minimum Gasteiger partial charge on any atom is -0.391 e. The van der Waals surface area contributed by atoms with Crippen LogP contribution in [0.5, 0.6) is 0 Å². The van der Waals surface area contributed by atoms with Gasteiger partial charge in [-0.05, 0) is 87.9 Å². The molecule has 1 aromatic carbocycles. The van der Waals surface area contributed by atoms with Crippen molar-refractivity contribution in [3.05, 3.63) is 35.9 Å². The Hall–Kier alpha value is -0.970. The standard InChI is InChI=1S/C24H37FN2O/c25-13-5-15-26-14-4-11-24(19-26)12-8-23(28)22(18-24)27-16-9-21(10-17-27)20-6-2-1-3-7-20/h1-3,6-7,21-23,28H,4-5,8-19H2/t22-,23-,24-/m1/s1. The molecular formula is C24H37FN2O. The average molecular weight is 389 g/mol. The van der Waals surface area contributed by atoms with Crippen molar-refractivity contribution in [1.29, 1.82) is 0 Å². The monoisotopic (exact) mass is 388 g/mol. The highest BCUT2D eigenvalue weighted by molar-refractivity contribution is 5.20. The molecule has 4 rings (SSSR count). The predicted octanol–water partition coefficient (Wildman–Crippen LogP) is 4.22. The lowest BCUT2D eigenvalue weighted by Gasteiger charge is -2.52. The predicted molar refractivity (Wildman–Crippen MR) is 112 cm³/mol. The molecule has 0 aromatic heterocycles. The molecule has 1 spiro atoms. The van der Waals surface area contributed by atoms with Gasteiger partial charge in [0.25, 0.3) is 0 Å². The normalized spacial score (nSPS) is 33.4. The van der Waals surface area contributed by atoms with Crippen molar-refractivity contribution in [2.75, 3.05) is 39.4 Å². The molecule has 3 atom stereocenters. The number of benzene rings is 1. The SMILES string of the molecule is O[C@@H]1CC[C@]2(CCCN(CCCF)C2)C[C@H]1N1CCC(c2ccccc2)CC1. The summed E-state index contributed by atoms with van der Waals surface area (Å²) in [5.74, 6) is 0.665. The summed E-state index contributed by atoms with van der Waals surface area (Å²) in [4.78, 5) is 5.07. The molecule has 1 N–H and O–H groups in total. The third-order valence-corrected chi connectivity index (χ3v) is 7.67. The summed E-state index contributed by atoms with van der Waals surface area (Å²) in [6.45, 7) is 5.12. The summed E-state index contributed by atoms with van der Waals surface area (Å²) in [7, 11) is 0. The third-order valence-electron chi connectivity index (χ3n) is 7.67. The maximum Gasteiger partial charge on any atom is 0.0906 e. The smallest absolute Gasteiger partial charge is 0.0906 e. The molecule has 1 saturated carbocycles. The fourth-order valence-electron chi connectivity index (χ4n) is 6.15. The Morgan fingerprint density at radius 1 is 1.04 bits per heavy atom. The Morgan fingerprint density at radius 2 is 1.82 bits per heavy atom. The van der Waals surface area contributed by atoms with E-state index < -0.39 is 0 Å². The molecule has 2 aliphatic heterocycles. The summed E-state index contributed by atoms with van der Waals surface area (Å²) in [6.07, 6.45) is 8.57. The number of piperidine rings is 2. The molecule has 1 aromatic rings. The van der Waals surface area contributed by atoms with E-state index in [9.17, 15) is 9.50 Å². The van der Waals surface area contributed by atoms with Crippen LogP contribution in [0.15, 0.2) is 30.3 Å². The highest BCUT2D eigenvalue weighted by atomic mass is 19.1. The van der Waals surface area contributed by atoms with Crippen LogP contribution in [0.25, 0.3) is 0 Å². The average Bonchev–Trinajstić information content (AvgIpc) is 2.75. The number of aliphatic hydroxyl groups excluding tert-OH is 1. The van der Waals surface area contributed by atoms with Crippen molar-refractivity contribution in [3.63, 3.8) is 0 Å². The fraction of sp³-hybridized carbons (Fsp3) is 0.750. The van der Waals surface area contributed by atoms with Crippen LogP contribution >= 0.6 is 0 Å². The van der Waals surface area contributed by atoms with Gasteiger partial charge in [-0.1, -0.05) is 30.3 Å². The number of halogens is 1. The highest BCUT2D eigenvalue weighted by Gasteiger charge is 2.45. The quantitative estimate of drug-likeness (QED) is 0.818. The van der Waals surface area contributed by atoms with E-state index in [4.69, 9.17) is 0 Å². The van der Waals surface area contributed by atoms with E-state index in [1.807, 2.05) is 0 Å². The molecule has 3 fully saturated rings. The number of likely N-dealkylation sites (tertiary alicyclic amines) is 2. The summed E-state index contributed by atoms with van der Waals surface area (Å²) < 4.78 is 12.6. The Bertz CT molecular complexity index is 604. The molecule has 2 saturated heterocycles. The lowest BCUT2D eigenvalue weighted by molar-refractivity contribution is -0.0585. The summed E-state index contributed by atoms with van der Waals surface area (Å²) in [5, 5.41) is 10.8. The van der Waals surface area contributed by atoms with E-state index in [0.717, 1.165) is 52.0 Å². The molecule has 156 valence electrons. The van der Waals surface area contributed by atoms with Crippen LogP contribution in [0, 0.1) is 5.41 Å². The number of alkyl halides is 1. The Kier molecular flexibility index (Phi) is 6.70. The van der Waals surface area contributed by atoms with Gasteiger partial charge < -0.3 is 10.0 Å². The van der Waals surface area contributed by atoms with Gasteiger partial charge in [-0.3, -0.25) is 9.29 Å². The van der Waals surface area contributed by atoms with Gasteiger partial charge in [0.05, 0.1) is 12.8 Å². The second-order valence-electron chi connectivity index (χ2n) is 9.52. The van der Waals surface area contributed by atoms with Gasteiger partial charge in [0.1, 0.15) is 0 Å². The maximum absolute atomic E-state index is 12.6. The van der Waals surface area contributed by atoms with Crippen LogP contribution in [-0.2, 0) is 0 Å². The van der Waals surface area contributed by atoms with E-state index >= 15 is 0 Å². The van der Waals surface area contributed by atoms with Gasteiger partial charge in [-0.15, -0.1) is 0 Å². The first-order valence-corrected chi connectivity index (χ1v) is 11.4. The maximum atomic E-state index is 12.6. The first-order chi connectivity index (χ1) is 13.7. The van der Waals surface area contributed by atoms with Crippen LogP contribution < -0.4 is 0 Å². The molecule has 3 nitrogen and oxygen atoms in total. The number of aliphatic hydroxyl groups is 1. The largest absolute Gasteiger partial charge is 0.391 e. The summed E-state index contributed by atoms with van der Waals surface area (Å²) in [6, 6.07) is 11.2. The Labute approximate surface area is 169 Å². The lowest BCUT2D eigenvalue weighted by Crippen LogP contribution is -2.56. The third kappa shape index (κ3) is 4.60. The van der Waals surface area contributed by atoms with Gasteiger partial charge in [0, 0.05) is 19.1 Å². The van der Waals surface area contributed by atoms with Gasteiger partial charge in [-0.25, -0.2) is 0 Å². The Morgan fingerprint density at radius 3 is 2.57 bits per heavy atom. The summed E-state index contributed by atoms with van der Waals surface area (Å²) >= 11 is 0. The first kappa shape index (κ1) is 20.3. The van der Waals surface area contributed by atoms with Gasteiger partial charge in [-0.2, -0.15) is 0 Å². The van der Waals surface area contributed by atoms with E-state index in [1.54, 1.807) is 0 Å². The van der Waals surface area contributed by atoms with Crippen LogP contribution in [0.3, 0.4) is 0 Å². The van der Waals surface area contributed by atoms with Crippen molar-refractivity contribution in [1.82, 2.24) is 9.80 Å². The molecule has 0 amide bonds. The minimum atomic E-state index is -0.207. The fourth-order valence-corrected chi connectivity index (χ4v) is 6.15. The second-order valence-corrected chi connectivity index (χ2v) is 9.52. The van der Waals surface area contributed by atoms with Crippen molar-refractivity contribution in [3.8, 4) is 0 Å². The summed E-state index contributed by atoms with van der Waals surface area (Å²) in [5.41, 5.74) is 1.81. The molecule has 4 heteroatoms. The molecule has 1 aliphatic carbocycles. The minimum absolute atomic E-state index is 0.180. The zero-order valence-corrected chi connectivity index (χ0v) is 17.2.